The summed E-state index contributed by atoms with van der Waals surface area (Å²) in [7, 11) is 3.44. The van der Waals surface area contributed by atoms with Gasteiger partial charge in [0.1, 0.15) is 5.54 Å². The highest BCUT2D eigenvalue weighted by atomic mass is 35.5. The number of hydrogen-bond donors (Lipinski definition) is 2. The number of carbonyl (C=O) groups excluding carboxylic acids is 3. The van der Waals surface area contributed by atoms with Gasteiger partial charge in [-0.05, 0) is 72.8 Å². The Morgan fingerprint density at radius 1 is 1.11 bits per heavy atom. The van der Waals surface area contributed by atoms with Gasteiger partial charge < -0.3 is 25.3 Å². The molecule has 0 radical (unpaired) electrons. The summed E-state index contributed by atoms with van der Waals surface area (Å²) in [6.07, 6.45) is 2.73. The Morgan fingerprint density at radius 3 is 2.52 bits per heavy atom. The zero-order valence-corrected chi connectivity index (χ0v) is 26.1. The summed E-state index contributed by atoms with van der Waals surface area (Å²) in [5, 5.41) is 17.6. The molecule has 230 valence electrons. The van der Waals surface area contributed by atoms with Crippen LogP contribution in [0, 0.1) is 11.3 Å². The fraction of sp³-hybridized carbons (Fsp3) is 0.412. The van der Waals surface area contributed by atoms with Crippen LogP contribution in [0.1, 0.15) is 53.1 Å². The second kappa shape index (κ2) is 13.7. The third-order valence-electron chi connectivity index (χ3n) is 9.13. The van der Waals surface area contributed by atoms with Gasteiger partial charge in [0.2, 0.25) is 5.91 Å². The molecular weight excluding hydrogens is 576 g/mol. The molecule has 3 aromatic rings. The SMILES string of the molecule is CNC(=O)C1(N2CCCNC2=O)CCN(CCC(CN(C)C(=O)c2cc(C#N)cc3ccccc23)c2ccc(Cl)cc2)CC1. The van der Waals surface area contributed by atoms with Gasteiger partial charge in [0.15, 0.2) is 0 Å². The maximum Gasteiger partial charge on any atom is 0.318 e. The minimum absolute atomic E-state index is 0.0325. The van der Waals surface area contributed by atoms with Gasteiger partial charge >= 0.3 is 6.03 Å². The predicted octanol–water partition coefficient (Wildman–Crippen LogP) is 4.61. The summed E-state index contributed by atoms with van der Waals surface area (Å²) in [6, 6.07) is 20.9. The number of urea groups is 1. The summed E-state index contributed by atoms with van der Waals surface area (Å²) in [5.41, 5.74) is 1.21. The van der Waals surface area contributed by atoms with Crippen LogP contribution >= 0.6 is 11.6 Å². The smallest absolute Gasteiger partial charge is 0.318 e. The third kappa shape index (κ3) is 6.52. The van der Waals surface area contributed by atoms with Crippen molar-refractivity contribution in [2.45, 2.75) is 37.1 Å². The molecule has 10 heteroatoms. The van der Waals surface area contributed by atoms with E-state index in [1.807, 2.05) is 48.5 Å². The van der Waals surface area contributed by atoms with Gasteiger partial charge in [-0.15, -0.1) is 0 Å². The highest BCUT2D eigenvalue weighted by molar-refractivity contribution is 6.30. The van der Waals surface area contributed by atoms with E-state index in [2.05, 4.69) is 21.6 Å². The van der Waals surface area contributed by atoms with E-state index in [-0.39, 0.29) is 23.8 Å². The number of hydrogen-bond acceptors (Lipinski definition) is 5. The molecular formula is C34H39ClN6O3. The van der Waals surface area contributed by atoms with E-state index in [1.165, 1.54) is 0 Å². The maximum atomic E-state index is 13.8. The fourth-order valence-electron chi connectivity index (χ4n) is 6.64. The minimum Gasteiger partial charge on any atom is -0.357 e. The van der Waals surface area contributed by atoms with Gasteiger partial charge in [-0.3, -0.25) is 9.59 Å². The van der Waals surface area contributed by atoms with Crippen molar-refractivity contribution in [2.75, 3.05) is 53.4 Å². The van der Waals surface area contributed by atoms with Crippen LogP contribution in [0.15, 0.2) is 60.7 Å². The Hall–Kier alpha value is -4.13. The minimum atomic E-state index is -0.849. The number of piperidine rings is 1. The average Bonchev–Trinajstić information content (AvgIpc) is 3.06. The van der Waals surface area contributed by atoms with Gasteiger partial charge in [-0.2, -0.15) is 5.26 Å². The molecule has 5 rings (SSSR count). The summed E-state index contributed by atoms with van der Waals surface area (Å²) in [6.45, 7) is 3.84. The lowest BCUT2D eigenvalue weighted by atomic mass is 9.83. The molecule has 2 aliphatic heterocycles. The molecule has 2 heterocycles. The molecule has 0 bridgehead atoms. The summed E-state index contributed by atoms with van der Waals surface area (Å²) >= 11 is 6.21. The number of benzene rings is 3. The van der Waals surface area contributed by atoms with Crippen molar-refractivity contribution in [3.63, 3.8) is 0 Å². The first-order valence-corrected chi connectivity index (χ1v) is 15.6. The van der Waals surface area contributed by atoms with Crippen molar-refractivity contribution in [3.05, 3.63) is 82.4 Å². The Bertz CT molecular complexity index is 1560. The monoisotopic (exact) mass is 614 g/mol. The normalized spacial score (nSPS) is 17.4. The van der Waals surface area contributed by atoms with E-state index in [9.17, 15) is 19.6 Å². The van der Waals surface area contributed by atoms with Crippen molar-refractivity contribution in [2.24, 2.45) is 0 Å². The van der Waals surface area contributed by atoms with Crippen LogP contribution in [0.5, 0.6) is 0 Å². The van der Waals surface area contributed by atoms with Crippen molar-refractivity contribution in [1.29, 1.82) is 5.26 Å². The quantitative estimate of drug-likeness (QED) is 0.366. The molecule has 44 heavy (non-hydrogen) atoms. The number of nitrogens with one attached hydrogen (secondary N) is 2. The molecule has 3 aromatic carbocycles. The van der Waals surface area contributed by atoms with E-state index in [0.717, 1.165) is 35.7 Å². The fourth-order valence-corrected chi connectivity index (χ4v) is 6.77. The Labute approximate surface area is 263 Å². The first kappa shape index (κ1) is 31.3. The zero-order valence-electron chi connectivity index (χ0n) is 25.3. The standard InChI is InChI=1S/C34H39ClN6O3/c1-37-32(43)34(41-16-5-15-38-33(41)44)13-18-40(19-14-34)17-12-27(25-8-10-28(35)11-9-25)23-39(2)31(42)30-21-24(22-36)20-26-6-3-4-7-29(26)30/h3-4,6-11,20-21,27H,5,12-19,23H2,1-2H3,(H,37,43)(H,38,44). The van der Waals surface area contributed by atoms with Crippen LogP contribution in [0.4, 0.5) is 4.79 Å². The van der Waals surface area contributed by atoms with E-state index in [4.69, 9.17) is 11.6 Å². The molecule has 1 unspecified atom stereocenters. The van der Waals surface area contributed by atoms with Crippen LogP contribution in [0.2, 0.25) is 5.02 Å². The third-order valence-corrected chi connectivity index (χ3v) is 9.38. The topological polar surface area (TPSA) is 109 Å². The van der Waals surface area contributed by atoms with Crippen LogP contribution in [0.25, 0.3) is 10.8 Å². The number of amides is 4. The van der Waals surface area contributed by atoms with Crippen molar-refractivity contribution in [1.82, 2.24) is 25.3 Å². The first-order valence-electron chi connectivity index (χ1n) is 15.2. The largest absolute Gasteiger partial charge is 0.357 e. The van der Waals surface area contributed by atoms with Crippen molar-refractivity contribution >= 4 is 40.2 Å². The van der Waals surface area contributed by atoms with Crippen molar-refractivity contribution < 1.29 is 14.4 Å². The van der Waals surface area contributed by atoms with Crippen LogP contribution in [-0.2, 0) is 4.79 Å². The number of nitrogens with zero attached hydrogens (tertiary/aromatic N) is 4. The number of fused-ring (bicyclic) bond motifs is 1. The molecule has 0 spiro atoms. The number of carbonyl (C=O) groups is 3. The lowest BCUT2D eigenvalue weighted by molar-refractivity contribution is -0.135. The summed E-state index contributed by atoms with van der Waals surface area (Å²) in [5.74, 6) is -0.211. The molecule has 2 fully saturated rings. The van der Waals surface area contributed by atoms with Crippen molar-refractivity contribution in [3.8, 4) is 6.07 Å². The molecule has 4 amide bonds. The predicted molar refractivity (Wildman–Crippen MR) is 172 cm³/mol. The maximum absolute atomic E-state index is 13.8. The number of nitriles is 1. The first-order chi connectivity index (χ1) is 21.3. The van der Waals surface area contributed by atoms with Gasteiger partial charge in [0.05, 0.1) is 11.6 Å². The number of halogens is 1. The average molecular weight is 615 g/mol. The van der Waals surface area contributed by atoms with E-state index < -0.39 is 5.54 Å². The van der Waals surface area contributed by atoms with Gasteiger partial charge in [0, 0.05) is 63.3 Å². The van der Waals surface area contributed by atoms with Crippen LogP contribution in [-0.4, -0.2) is 91.4 Å². The number of rotatable bonds is 9. The van der Waals surface area contributed by atoms with Gasteiger partial charge in [-0.1, -0.05) is 48.0 Å². The molecule has 0 aliphatic carbocycles. The van der Waals surface area contributed by atoms with Gasteiger partial charge in [0.25, 0.3) is 5.91 Å². The molecule has 9 nitrogen and oxygen atoms in total. The number of likely N-dealkylation sites (tertiary alicyclic amines) is 1. The molecule has 0 aromatic heterocycles. The highest BCUT2D eigenvalue weighted by Gasteiger charge is 2.48. The Morgan fingerprint density at radius 2 is 1.84 bits per heavy atom. The van der Waals surface area contributed by atoms with E-state index in [1.54, 1.807) is 36.0 Å². The Balaban J connectivity index is 1.31. The zero-order chi connectivity index (χ0) is 31.3. The van der Waals surface area contributed by atoms with Crippen LogP contribution in [0.3, 0.4) is 0 Å². The molecule has 2 saturated heterocycles. The highest BCUT2D eigenvalue weighted by Crippen LogP contribution is 2.32. The molecule has 2 aliphatic rings. The lowest BCUT2D eigenvalue weighted by Gasteiger charge is -2.48. The van der Waals surface area contributed by atoms with Crippen LogP contribution < -0.4 is 10.6 Å². The molecule has 1 atom stereocenters. The Kier molecular flexibility index (Phi) is 9.72. The lowest BCUT2D eigenvalue weighted by Crippen LogP contribution is -2.67. The van der Waals surface area contributed by atoms with E-state index in [0.29, 0.717) is 61.7 Å². The summed E-state index contributed by atoms with van der Waals surface area (Å²) < 4.78 is 0. The number of likely N-dealkylation sites (N-methyl/N-ethyl adjacent to an activating group) is 2. The second-order valence-electron chi connectivity index (χ2n) is 11.8. The second-order valence-corrected chi connectivity index (χ2v) is 12.2. The molecule has 0 saturated carbocycles. The molecule has 2 N–H and O–H groups in total. The summed E-state index contributed by atoms with van der Waals surface area (Å²) in [4.78, 5) is 45.5. The van der Waals surface area contributed by atoms with E-state index >= 15 is 0 Å². The van der Waals surface area contributed by atoms with Gasteiger partial charge in [-0.25, -0.2) is 4.79 Å².